The third kappa shape index (κ3) is 3.34. The molecule has 0 unspecified atom stereocenters. The van der Waals surface area contributed by atoms with Crippen LogP contribution in [0.4, 0.5) is 0 Å². The van der Waals surface area contributed by atoms with Gasteiger partial charge in [0.1, 0.15) is 0 Å². The summed E-state index contributed by atoms with van der Waals surface area (Å²) in [5.41, 5.74) is 3.02. The van der Waals surface area contributed by atoms with Crippen molar-refractivity contribution in [2.45, 2.75) is 20.8 Å². The molecule has 0 saturated heterocycles. The van der Waals surface area contributed by atoms with E-state index in [1.807, 2.05) is 45.8 Å². The Kier molecular flexibility index (Phi) is 4.16. The summed E-state index contributed by atoms with van der Waals surface area (Å²) in [6.45, 7) is 5.65. The molecule has 2 aromatic heterocycles. The molecule has 0 bridgehead atoms. The molecule has 2 aromatic rings. The molecule has 0 aliphatic rings. The number of rotatable bonds is 4. The molecule has 110 valence electrons. The van der Waals surface area contributed by atoms with Gasteiger partial charge < -0.3 is 4.90 Å². The van der Waals surface area contributed by atoms with E-state index in [2.05, 4.69) is 15.1 Å². The van der Waals surface area contributed by atoms with Crippen LogP contribution in [0.5, 0.6) is 0 Å². The summed E-state index contributed by atoms with van der Waals surface area (Å²) in [5.74, 6) is 0.400. The summed E-state index contributed by atoms with van der Waals surface area (Å²) in [4.78, 5) is 22.7. The van der Waals surface area contributed by atoms with Crippen LogP contribution in [0.15, 0.2) is 24.5 Å². The maximum atomic E-state index is 12.1. The van der Waals surface area contributed by atoms with Crippen LogP contribution in [0.3, 0.4) is 0 Å². The Hall–Kier alpha value is -2.50. The van der Waals surface area contributed by atoms with Crippen LogP contribution in [0.25, 0.3) is 5.95 Å². The Morgan fingerprint density at radius 3 is 2.38 bits per heavy atom. The molecule has 0 atom stereocenters. The van der Waals surface area contributed by atoms with Crippen molar-refractivity contribution < 1.29 is 4.79 Å². The summed E-state index contributed by atoms with van der Waals surface area (Å²) in [6, 6.07) is 1.90. The first-order valence-corrected chi connectivity index (χ1v) is 6.64. The van der Waals surface area contributed by atoms with Crippen molar-refractivity contribution >= 4 is 5.78 Å². The lowest BCUT2D eigenvalue weighted by atomic mass is 10.2. The zero-order valence-electron chi connectivity index (χ0n) is 13.0. The van der Waals surface area contributed by atoms with E-state index in [1.165, 1.54) is 6.08 Å². The van der Waals surface area contributed by atoms with Crippen LogP contribution in [0.2, 0.25) is 0 Å². The van der Waals surface area contributed by atoms with Crippen molar-refractivity contribution in [3.05, 3.63) is 47.2 Å². The smallest absolute Gasteiger partial charge is 0.251 e. The molecule has 2 heterocycles. The molecule has 0 radical (unpaired) electrons. The number of allylic oxidation sites excluding steroid dienone is 1. The molecule has 0 N–H and O–H groups in total. The minimum atomic E-state index is -0.0863. The summed E-state index contributed by atoms with van der Waals surface area (Å²) >= 11 is 0. The Bertz CT molecular complexity index is 680. The van der Waals surface area contributed by atoms with Crippen LogP contribution >= 0.6 is 0 Å². The van der Waals surface area contributed by atoms with Crippen LogP contribution in [-0.2, 0) is 0 Å². The van der Waals surface area contributed by atoms with Gasteiger partial charge in [-0.25, -0.2) is 14.6 Å². The lowest BCUT2D eigenvalue weighted by Crippen LogP contribution is -2.08. The number of ketones is 1. The molecule has 0 aliphatic carbocycles. The topological polar surface area (TPSA) is 63.9 Å². The number of carbonyl (C=O) groups excluding carboxylic acids is 1. The standard InChI is InChI=1S/C15H19N5O/c1-10-8-11(2)18-15(17-10)20-12(3)13(9-16-20)14(21)6-7-19(4)5/h6-9H,1-5H3/b7-6+. The van der Waals surface area contributed by atoms with Gasteiger partial charge in [-0.05, 0) is 26.8 Å². The van der Waals surface area contributed by atoms with Crippen LogP contribution in [-0.4, -0.2) is 44.5 Å². The lowest BCUT2D eigenvalue weighted by Gasteiger charge is -2.05. The number of aromatic nitrogens is 4. The number of hydrogen-bond donors (Lipinski definition) is 0. The maximum Gasteiger partial charge on any atom is 0.251 e. The molecule has 0 fully saturated rings. The van der Waals surface area contributed by atoms with Gasteiger partial charge in [-0.15, -0.1) is 0 Å². The van der Waals surface area contributed by atoms with Crippen molar-refractivity contribution in [2.75, 3.05) is 14.1 Å². The number of nitrogens with zero attached hydrogens (tertiary/aromatic N) is 5. The van der Waals surface area contributed by atoms with Crippen molar-refractivity contribution in [2.24, 2.45) is 0 Å². The largest absolute Gasteiger partial charge is 0.383 e. The van der Waals surface area contributed by atoms with Gasteiger partial charge in [0.15, 0.2) is 5.78 Å². The fraction of sp³-hybridized carbons (Fsp3) is 0.333. The monoisotopic (exact) mass is 285 g/mol. The summed E-state index contributed by atoms with van der Waals surface area (Å²) < 4.78 is 1.59. The van der Waals surface area contributed by atoms with E-state index in [0.29, 0.717) is 11.5 Å². The van der Waals surface area contributed by atoms with E-state index < -0.39 is 0 Å². The Balaban J connectivity index is 2.39. The second-order valence-electron chi connectivity index (χ2n) is 5.15. The van der Waals surface area contributed by atoms with E-state index >= 15 is 0 Å². The quantitative estimate of drug-likeness (QED) is 0.633. The van der Waals surface area contributed by atoms with E-state index in [0.717, 1.165) is 17.1 Å². The van der Waals surface area contributed by atoms with Gasteiger partial charge in [0.2, 0.25) is 0 Å². The number of aryl methyl sites for hydroxylation is 2. The average Bonchev–Trinajstić information content (AvgIpc) is 2.76. The van der Waals surface area contributed by atoms with E-state index in [1.54, 1.807) is 17.1 Å². The van der Waals surface area contributed by atoms with E-state index in [4.69, 9.17) is 0 Å². The molecule has 6 heteroatoms. The molecule has 2 rings (SSSR count). The summed E-state index contributed by atoms with van der Waals surface area (Å²) in [5, 5.41) is 4.24. The minimum Gasteiger partial charge on any atom is -0.383 e. The number of carbonyl (C=O) groups is 1. The highest BCUT2D eigenvalue weighted by molar-refractivity contribution is 6.05. The zero-order chi connectivity index (χ0) is 15.6. The van der Waals surface area contributed by atoms with Crippen LogP contribution in [0, 0.1) is 20.8 Å². The molecule has 0 aromatic carbocycles. The first kappa shape index (κ1) is 14.9. The normalized spacial score (nSPS) is 11.1. The first-order chi connectivity index (χ1) is 9.88. The Morgan fingerprint density at radius 2 is 1.81 bits per heavy atom. The van der Waals surface area contributed by atoms with Gasteiger partial charge in [0.25, 0.3) is 5.95 Å². The van der Waals surface area contributed by atoms with Gasteiger partial charge >= 0.3 is 0 Å². The predicted octanol–water partition coefficient (Wildman–Crippen LogP) is 1.85. The Labute approximate surface area is 124 Å². The third-order valence-corrected chi connectivity index (χ3v) is 2.96. The molecular weight excluding hydrogens is 266 g/mol. The highest BCUT2D eigenvalue weighted by Crippen LogP contribution is 2.13. The van der Waals surface area contributed by atoms with Crippen molar-refractivity contribution in [1.29, 1.82) is 0 Å². The van der Waals surface area contributed by atoms with Crippen LogP contribution in [0.1, 0.15) is 27.4 Å². The molecule has 0 saturated carbocycles. The zero-order valence-corrected chi connectivity index (χ0v) is 13.0. The first-order valence-electron chi connectivity index (χ1n) is 6.64. The van der Waals surface area contributed by atoms with Gasteiger partial charge in [0, 0.05) is 37.8 Å². The molecular formula is C15H19N5O. The highest BCUT2D eigenvalue weighted by Gasteiger charge is 2.15. The van der Waals surface area contributed by atoms with Crippen molar-refractivity contribution in [3.63, 3.8) is 0 Å². The summed E-state index contributed by atoms with van der Waals surface area (Å²) in [7, 11) is 3.73. The second kappa shape index (κ2) is 5.87. The molecule has 21 heavy (non-hydrogen) atoms. The van der Waals surface area contributed by atoms with E-state index in [-0.39, 0.29) is 5.78 Å². The summed E-state index contributed by atoms with van der Waals surface area (Å²) in [6.07, 6.45) is 4.79. The predicted molar refractivity (Wildman–Crippen MR) is 80.5 cm³/mol. The van der Waals surface area contributed by atoms with Gasteiger partial charge in [-0.2, -0.15) is 5.10 Å². The molecule has 6 nitrogen and oxygen atoms in total. The van der Waals surface area contributed by atoms with Crippen molar-refractivity contribution in [3.8, 4) is 5.95 Å². The average molecular weight is 285 g/mol. The van der Waals surface area contributed by atoms with E-state index in [9.17, 15) is 4.79 Å². The SMILES string of the molecule is Cc1cc(C)nc(-n2ncc(C(=O)/C=C/N(C)C)c2C)n1. The fourth-order valence-corrected chi connectivity index (χ4v) is 1.96. The van der Waals surface area contributed by atoms with Gasteiger partial charge in [0.05, 0.1) is 17.5 Å². The second-order valence-corrected chi connectivity index (χ2v) is 5.15. The minimum absolute atomic E-state index is 0.0863. The van der Waals surface area contributed by atoms with Crippen molar-refractivity contribution in [1.82, 2.24) is 24.6 Å². The van der Waals surface area contributed by atoms with Gasteiger partial charge in [-0.1, -0.05) is 0 Å². The molecule has 0 aliphatic heterocycles. The molecule has 0 spiro atoms. The maximum absolute atomic E-state index is 12.1. The highest BCUT2D eigenvalue weighted by atomic mass is 16.1. The Morgan fingerprint density at radius 1 is 1.19 bits per heavy atom. The van der Waals surface area contributed by atoms with Gasteiger partial charge in [-0.3, -0.25) is 4.79 Å². The lowest BCUT2D eigenvalue weighted by molar-refractivity contribution is 0.104. The molecule has 0 amide bonds. The van der Waals surface area contributed by atoms with Crippen LogP contribution < -0.4 is 0 Å². The third-order valence-electron chi connectivity index (χ3n) is 2.96. The fourth-order valence-electron chi connectivity index (χ4n) is 1.96. The number of hydrogen-bond acceptors (Lipinski definition) is 5.